The molecule has 1 heterocycles. The van der Waals surface area contributed by atoms with Crippen molar-refractivity contribution in [2.24, 2.45) is 0 Å². The lowest BCUT2D eigenvalue weighted by molar-refractivity contribution is 0.102. The first-order valence-electron chi connectivity index (χ1n) is 4.94. The number of benzene rings is 1. The van der Waals surface area contributed by atoms with Crippen molar-refractivity contribution in [3.05, 3.63) is 53.3 Å². The minimum absolute atomic E-state index is 0.212. The molecule has 86 valence electrons. The van der Waals surface area contributed by atoms with E-state index in [9.17, 15) is 4.79 Å². The van der Waals surface area contributed by atoms with Gasteiger partial charge in [0.25, 0.3) is 5.91 Å². The van der Waals surface area contributed by atoms with Crippen LogP contribution in [0.1, 0.15) is 10.4 Å². The van der Waals surface area contributed by atoms with Crippen molar-refractivity contribution in [3.8, 4) is 0 Å². The van der Waals surface area contributed by atoms with Crippen LogP contribution in [0.5, 0.6) is 0 Å². The third kappa shape index (κ3) is 2.73. The Morgan fingerprint density at radius 3 is 2.71 bits per heavy atom. The molecule has 0 saturated heterocycles. The van der Waals surface area contributed by atoms with Crippen LogP contribution in [0.25, 0.3) is 0 Å². The lowest BCUT2D eigenvalue weighted by Gasteiger charge is -2.07. The fraction of sp³-hybridized carbons (Fsp3) is 0. The standard InChI is InChI=1S/C12H10ClN3O/c13-11-10(6-9(14)7-15-11)16-12(17)8-4-2-1-3-5-8/h1-7H,14H2,(H,16,17). The molecule has 1 aromatic heterocycles. The number of aromatic nitrogens is 1. The number of anilines is 2. The van der Waals surface area contributed by atoms with Gasteiger partial charge >= 0.3 is 0 Å². The zero-order valence-corrected chi connectivity index (χ0v) is 9.61. The number of nitrogens with one attached hydrogen (secondary N) is 1. The van der Waals surface area contributed by atoms with Crippen LogP contribution in [-0.4, -0.2) is 10.9 Å². The Labute approximate surface area is 103 Å². The van der Waals surface area contributed by atoms with E-state index in [1.54, 1.807) is 30.3 Å². The predicted octanol–water partition coefficient (Wildman–Crippen LogP) is 2.57. The first kappa shape index (κ1) is 11.4. The first-order valence-corrected chi connectivity index (χ1v) is 5.32. The van der Waals surface area contributed by atoms with Crippen LogP contribution in [0, 0.1) is 0 Å². The molecule has 3 N–H and O–H groups in total. The average molecular weight is 248 g/mol. The van der Waals surface area contributed by atoms with Crippen molar-refractivity contribution in [1.82, 2.24) is 4.98 Å². The van der Waals surface area contributed by atoms with E-state index in [-0.39, 0.29) is 11.1 Å². The molecule has 0 aliphatic heterocycles. The summed E-state index contributed by atoms with van der Waals surface area (Å²) in [5, 5.41) is 2.87. The van der Waals surface area contributed by atoms with Crippen molar-refractivity contribution in [2.75, 3.05) is 11.1 Å². The number of nitrogens with zero attached hydrogens (tertiary/aromatic N) is 1. The van der Waals surface area contributed by atoms with Crippen molar-refractivity contribution in [1.29, 1.82) is 0 Å². The maximum atomic E-state index is 11.8. The van der Waals surface area contributed by atoms with Crippen LogP contribution >= 0.6 is 11.6 Å². The largest absolute Gasteiger partial charge is 0.397 e. The number of hydrogen-bond acceptors (Lipinski definition) is 3. The van der Waals surface area contributed by atoms with Gasteiger partial charge in [-0.1, -0.05) is 29.8 Å². The molecule has 5 heteroatoms. The molecular weight excluding hydrogens is 238 g/mol. The molecule has 0 aliphatic carbocycles. The van der Waals surface area contributed by atoms with Crippen LogP contribution in [0.4, 0.5) is 11.4 Å². The molecule has 17 heavy (non-hydrogen) atoms. The highest BCUT2D eigenvalue weighted by atomic mass is 35.5. The van der Waals surface area contributed by atoms with Crippen LogP contribution in [0.3, 0.4) is 0 Å². The second-order valence-corrected chi connectivity index (χ2v) is 3.79. The van der Waals surface area contributed by atoms with E-state index >= 15 is 0 Å². The number of nitrogen functional groups attached to an aromatic ring is 1. The molecule has 0 bridgehead atoms. The third-order valence-electron chi connectivity index (χ3n) is 2.14. The zero-order valence-electron chi connectivity index (χ0n) is 8.85. The molecule has 0 fully saturated rings. The topological polar surface area (TPSA) is 68.0 Å². The quantitative estimate of drug-likeness (QED) is 0.802. The molecule has 1 amide bonds. The van der Waals surface area contributed by atoms with Gasteiger partial charge in [0.15, 0.2) is 5.15 Å². The van der Waals surface area contributed by atoms with Crippen molar-refractivity contribution in [3.63, 3.8) is 0 Å². The second-order valence-electron chi connectivity index (χ2n) is 3.43. The van der Waals surface area contributed by atoms with Crippen molar-refractivity contribution in [2.45, 2.75) is 0 Å². The summed E-state index contributed by atoms with van der Waals surface area (Å²) in [5.41, 5.74) is 6.96. The molecule has 0 aliphatic rings. The van der Waals surface area contributed by atoms with Gasteiger partial charge in [-0.2, -0.15) is 0 Å². The molecular formula is C12H10ClN3O. The summed E-state index contributed by atoms with van der Waals surface area (Å²) < 4.78 is 0. The Morgan fingerprint density at radius 2 is 2.00 bits per heavy atom. The normalized spacial score (nSPS) is 9.94. The van der Waals surface area contributed by atoms with Gasteiger partial charge in [-0.25, -0.2) is 4.98 Å². The molecule has 0 radical (unpaired) electrons. The molecule has 2 rings (SSSR count). The van der Waals surface area contributed by atoms with Gasteiger partial charge < -0.3 is 11.1 Å². The fourth-order valence-corrected chi connectivity index (χ4v) is 1.49. The summed E-state index contributed by atoms with van der Waals surface area (Å²) in [6, 6.07) is 10.4. The van der Waals surface area contributed by atoms with E-state index in [1.165, 1.54) is 6.20 Å². The Bertz CT molecular complexity index is 543. The maximum Gasteiger partial charge on any atom is 0.255 e. The van der Waals surface area contributed by atoms with Gasteiger partial charge in [-0.3, -0.25) is 4.79 Å². The van der Waals surface area contributed by atoms with Crippen LogP contribution < -0.4 is 11.1 Å². The van der Waals surface area contributed by atoms with E-state index in [0.717, 1.165) is 0 Å². The Hall–Kier alpha value is -2.07. The first-order chi connectivity index (χ1) is 8.16. The summed E-state index contributed by atoms with van der Waals surface area (Å²) in [6.45, 7) is 0. The number of nitrogens with two attached hydrogens (primary N) is 1. The maximum absolute atomic E-state index is 11.8. The van der Waals surface area contributed by atoms with Crippen molar-refractivity contribution >= 4 is 28.9 Å². The Kier molecular flexibility index (Phi) is 3.25. The number of carbonyl (C=O) groups is 1. The fourth-order valence-electron chi connectivity index (χ4n) is 1.34. The highest BCUT2D eigenvalue weighted by molar-refractivity contribution is 6.32. The summed E-state index contributed by atoms with van der Waals surface area (Å²) in [5.74, 6) is -0.250. The van der Waals surface area contributed by atoms with Gasteiger partial charge in [0.1, 0.15) is 0 Å². The Balaban J connectivity index is 2.22. The predicted molar refractivity (Wildman–Crippen MR) is 68.1 cm³/mol. The lowest BCUT2D eigenvalue weighted by atomic mass is 10.2. The lowest BCUT2D eigenvalue weighted by Crippen LogP contribution is -2.12. The van der Waals surface area contributed by atoms with Crippen LogP contribution in [0.15, 0.2) is 42.6 Å². The SMILES string of the molecule is Nc1cnc(Cl)c(NC(=O)c2ccccc2)c1. The van der Waals surface area contributed by atoms with E-state index in [0.29, 0.717) is 16.9 Å². The number of pyridine rings is 1. The molecule has 1 aromatic carbocycles. The van der Waals surface area contributed by atoms with E-state index in [1.807, 2.05) is 6.07 Å². The monoisotopic (exact) mass is 247 g/mol. The average Bonchev–Trinajstić information content (AvgIpc) is 2.35. The van der Waals surface area contributed by atoms with Crippen LogP contribution in [0.2, 0.25) is 5.15 Å². The molecule has 0 unspecified atom stereocenters. The highest BCUT2D eigenvalue weighted by Gasteiger charge is 2.08. The molecule has 4 nitrogen and oxygen atoms in total. The van der Waals surface area contributed by atoms with Gasteiger partial charge in [-0.05, 0) is 18.2 Å². The molecule has 0 spiro atoms. The van der Waals surface area contributed by atoms with E-state index < -0.39 is 0 Å². The zero-order chi connectivity index (χ0) is 12.3. The van der Waals surface area contributed by atoms with Gasteiger partial charge in [0.2, 0.25) is 0 Å². The van der Waals surface area contributed by atoms with Crippen LogP contribution in [-0.2, 0) is 0 Å². The number of halogens is 1. The molecule has 2 aromatic rings. The van der Waals surface area contributed by atoms with Gasteiger partial charge in [0, 0.05) is 5.56 Å². The third-order valence-corrected chi connectivity index (χ3v) is 2.45. The summed E-state index contributed by atoms with van der Waals surface area (Å²) in [4.78, 5) is 15.7. The van der Waals surface area contributed by atoms with E-state index in [4.69, 9.17) is 17.3 Å². The minimum Gasteiger partial charge on any atom is -0.397 e. The van der Waals surface area contributed by atoms with E-state index in [2.05, 4.69) is 10.3 Å². The smallest absolute Gasteiger partial charge is 0.255 e. The number of amides is 1. The Morgan fingerprint density at radius 1 is 1.29 bits per heavy atom. The summed E-state index contributed by atoms with van der Waals surface area (Å²) >= 11 is 5.85. The van der Waals surface area contributed by atoms with Crippen molar-refractivity contribution < 1.29 is 4.79 Å². The highest BCUT2D eigenvalue weighted by Crippen LogP contribution is 2.21. The number of carbonyl (C=O) groups excluding carboxylic acids is 1. The summed E-state index contributed by atoms with van der Waals surface area (Å²) in [7, 11) is 0. The molecule has 0 atom stereocenters. The van der Waals surface area contributed by atoms with Gasteiger partial charge in [-0.15, -0.1) is 0 Å². The number of rotatable bonds is 2. The summed E-state index contributed by atoms with van der Waals surface area (Å²) in [6.07, 6.45) is 1.43. The number of hydrogen-bond donors (Lipinski definition) is 2. The minimum atomic E-state index is -0.250. The van der Waals surface area contributed by atoms with Gasteiger partial charge in [0.05, 0.1) is 17.6 Å². The molecule has 0 saturated carbocycles. The second kappa shape index (κ2) is 4.84.